The van der Waals surface area contributed by atoms with Gasteiger partial charge in [0.05, 0.1) is 6.04 Å². The second-order valence-corrected chi connectivity index (χ2v) is 4.38. The Kier molecular flexibility index (Phi) is 5.73. The normalized spacial score (nSPS) is 26.7. The van der Waals surface area contributed by atoms with E-state index in [1.165, 1.54) is 0 Å². The maximum atomic E-state index is 11.7. The third kappa shape index (κ3) is 3.73. The largest absolute Gasteiger partial charge is 0.396 e. The van der Waals surface area contributed by atoms with Gasteiger partial charge >= 0.3 is 0 Å². The van der Waals surface area contributed by atoms with Gasteiger partial charge in [-0.05, 0) is 19.3 Å². The number of hydrogen-bond acceptors (Lipinski definition) is 4. The van der Waals surface area contributed by atoms with E-state index in [1.807, 2.05) is 0 Å². The molecule has 0 aromatic rings. The van der Waals surface area contributed by atoms with Crippen LogP contribution >= 0.6 is 0 Å². The van der Waals surface area contributed by atoms with Crippen molar-refractivity contribution < 1.29 is 14.6 Å². The molecule has 1 aliphatic carbocycles. The molecule has 0 aliphatic heterocycles. The van der Waals surface area contributed by atoms with E-state index < -0.39 is 6.04 Å². The number of nitrogens with two attached hydrogens (primary N) is 1. The van der Waals surface area contributed by atoms with Crippen molar-refractivity contribution in [1.82, 2.24) is 5.32 Å². The Bertz CT molecular complexity index is 223. The maximum absolute atomic E-state index is 11.7. The lowest BCUT2D eigenvalue weighted by Gasteiger charge is -2.21. The van der Waals surface area contributed by atoms with Crippen LogP contribution in [0.2, 0.25) is 0 Å². The van der Waals surface area contributed by atoms with Crippen LogP contribution in [0.5, 0.6) is 0 Å². The van der Waals surface area contributed by atoms with Gasteiger partial charge in [0.15, 0.2) is 0 Å². The third-order valence-electron chi connectivity index (χ3n) is 3.19. The minimum Gasteiger partial charge on any atom is -0.396 e. The average molecular weight is 230 g/mol. The lowest BCUT2D eigenvalue weighted by atomic mass is 10.0. The first kappa shape index (κ1) is 13.4. The molecule has 0 spiro atoms. The monoisotopic (exact) mass is 230 g/mol. The highest BCUT2D eigenvalue weighted by Gasteiger charge is 2.28. The molecule has 94 valence electrons. The molecule has 0 radical (unpaired) electrons. The van der Waals surface area contributed by atoms with Gasteiger partial charge in [-0.3, -0.25) is 4.79 Å². The summed E-state index contributed by atoms with van der Waals surface area (Å²) in [5.41, 5.74) is 5.71. The van der Waals surface area contributed by atoms with E-state index in [1.54, 1.807) is 7.11 Å². The van der Waals surface area contributed by atoms with Gasteiger partial charge in [0, 0.05) is 32.3 Å². The Labute approximate surface area is 96.3 Å². The fourth-order valence-corrected chi connectivity index (χ4v) is 2.11. The molecular weight excluding hydrogens is 208 g/mol. The van der Waals surface area contributed by atoms with Crippen molar-refractivity contribution in [3.8, 4) is 0 Å². The van der Waals surface area contributed by atoms with E-state index in [-0.39, 0.29) is 24.5 Å². The van der Waals surface area contributed by atoms with Crippen LogP contribution < -0.4 is 11.1 Å². The second kappa shape index (κ2) is 6.83. The molecule has 1 aliphatic rings. The number of methoxy groups -OCH3 is 1. The molecule has 1 amide bonds. The number of carbonyl (C=O) groups is 1. The maximum Gasteiger partial charge on any atom is 0.237 e. The fraction of sp³-hybridized carbons (Fsp3) is 0.909. The molecule has 5 heteroatoms. The molecule has 1 rings (SSSR count). The van der Waals surface area contributed by atoms with Crippen LogP contribution in [-0.2, 0) is 9.53 Å². The molecular formula is C11H22N2O3. The molecule has 0 aromatic carbocycles. The summed E-state index contributed by atoms with van der Waals surface area (Å²) in [6, 6.07) is -0.425. The number of ether oxygens (including phenoxy) is 1. The van der Waals surface area contributed by atoms with Crippen LogP contribution in [0.1, 0.15) is 25.7 Å². The predicted octanol–water partition coefficient (Wildman–Crippen LogP) is -0.373. The number of nitrogens with one attached hydrogen (secondary N) is 1. The van der Waals surface area contributed by atoms with E-state index in [2.05, 4.69) is 5.32 Å². The van der Waals surface area contributed by atoms with Crippen molar-refractivity contribution >= 4 is 5.91 Å². The topological polar surface area (TPSA) is 84.6 Å². The van der Waals surface area contributed by atoms with Crippen LogP contribution in [-0.4, -0.2) is 43.4 Å². The van der Waals surface area contributed by atoms with Gasteiger partial charge in [-0.1, -0.05) is 6.42 Å². The number of amides is 1. The SMILES string of the molecule is COCCC(N)C(=O)NC1CCCC1CO. The highest BCUT2D eigenvalue weighted by molar-refractivity contribution is 5.81. The number of carbonyl (C=O) groups excluding carboxylic acids is 1. The molecule has 1 fully saturated rings. The van der Waals surface area contributed by atoms with Gasteiger partial charge < -0.3 is 20.9 Å². The molecule has 3 atom stereocenters. The van der Waals surface area contributed by atoms with Crippen molar-refractivity contribution in [2.45, 2.75) is 37.8 Å². The van der Waals surface area contributed by atoms with Crippen molar-refractivity contribution in [2.24, 2.45) is 11.7 Å². The zero-order valence-corrected chi connectivity index (χ0v) is 9.82. The van der Waals surface area contributed by atoms with Gasteiger partial charge in [-0.25, -0.2) is 0 Å². The Hall–Kier alpha value is -0.650. The van der Waals surface area contributed by atoms with Gasteiger partial charge in [0.25, 0.3) is 0 Å². The Morgan fingerprint density at radius 2 is 2.38 bits per heavy atom. The highest BCUT2D eigenvalue weighted by Crippen LogP contribution is 2.24. The number of hydrogen-bond donors (Lipinski definition) is 3. The van der Waals surface area contributed by atoms with Crippen molar-refractivity contribution in [3.05, 3.63) is 0 Å². The summed E-state index contributed by atoms with van der Waals surface area (Å²) in [5.74, 6) is 0.0565. The van der Waals surface area contributed by atoms with E-state index in [9.17, 15) is 4.79 Å². The zero-order chi connectivity index (χ0) is 12.0. The van der Waals surface area contributed by atoms with Crippen LogP contribution in [0, 0.1) is 5.92 Å². The molecule has 16 heavy (non-hydrogen) atoms. The van der Waals surface area contributed by atoms with Crippen molar-refractivity contribution in [2.75, 3.05) is 20.3 Å². The standard InChI is InChI=1S/C11H22N2O3/c1-16-6-5-9(12)11(15)13-10-4-2-3-8(10)7-14/h8-10,14H,2-7,12H2,1H3,(H,13,15). The van der Waals surface area contributed by atoms with Gasteiger partial charge in [0.2, 0.25) is 5.91 Å². The molecule has 3 unspecified atom stereocenters. The molecule has 0 heterocycles. The lowest BCUT2D eigenvalue weighted by molar-refractivity contribution is -0.123. The first-order valence-corrected chi connectivity index (χ1v) is 5.84. The van der Waals surface area contributed by atoms with Crippen LogP contribution in [0.25, 0.3) is 0 Å². The van der Waals surface area contributed by atoms with Crippen LogP contribution in [0.3, 0.4) is 0 Å². The lowest BCUT2D eigenvalue weighted by Crippen LogP contribution is -2.47. The van der Waals surface area contributed by atoms with Crippen molar-refractivity contribution in [3.63, 3.8) is 0 Å². The summed E-state index contributed by atoms with van der Waals surface area (Å²) in [5, 5.41) is 12.0. The van der Waals surface area contributed by atoms with E-state index in [0.717, 1.165) is 19.3 Å². The van der Waals surface area contributed by atoms with E-state index >= 15 is 0 Å². The van der Waals surface area contributed by atoms with Crippen LogP contribution in [0.15, 0.2) is 0 Å². The molecule has 0 bridgehead atoms. The van der Waals surface area contributed by atoms with E-state index in [4.69, 9.17) is 15.6 Å². The fourth-order valence-electron chi connectivity index (χ4n) is 2.11. The molecule has 4 N–H and O–H groups in total. The summed E-state index contributed by atoms with van der Waals surface area (Å²) in [6.07, 6.45) is 3.51. The quantitative estimate of drug-likeness (QED) is 0.581. The van der Waals surface area contributed by atoms with Gasteiger partial charge in [0.1, 0.15) is 0 Å². The molecule has 0 saturated heterocycles. The third-order valence-corrected chi connectivity index (χ3v) is 3.19. The van der Waals surface area contributed by atoms with Crippen molar-refractivity contribution in [1.29, 1.82) is 0 Å². The summed E-state index contributed by atoms with van der Waals surface area (Å²) >= 11 is 0. The Morgan fingerprint density at radius 1 is 1.62 bits per heavy atom. The minimum absolute atomic E-state index is 0.0890. The second-order valence-electron chi connectivity index (χ2n) is 4.38. The number of aliphatic hydroxyl groups is 1. The van der Waals surface area contributed by atoms with Crippen LogP contribution in [0.4, 0.5) is 0 Å². The first-order chi connectivity index (χ1) is 7.69. The van der Waals surface area contributed by atoms with E-state index in [0.29, 0.717) is 13.0 Å². The number of aliphatic hydroxyl groups excluding tert-OH is 1. The first-order valence-electron chi connectivity index (χ1n) is 5.84. The summed E-state index contributed by atoms with van der Waals surface area (Å²) in [6.45, 7) is 0.626. The predicted molar refractivity (Wildman–Crippen MR) is 60.8 cm³/mol. The molecule has 0 aromatic heterocycles. The smallest absolute Gasteiger partial charge is 0.237 e. The molecule has 5 nitrogen and oxygen atoms in total. The summed E-state index contributed by atoms with van der Waals surface area (Å²) in [7, 11) is 1.59. The zero-order valence-electron chi connectivity index (χ0n) is 9.82. The Balaban J connectivity index is 2.32. The summed E-state index contributed by atoms with van der Waals surface area (Å²) in [4.78, 5) is 11.7. The van der Waals surface area contributed by atoms with Gasteiger partial charge in [-0.2, -0.15) is 0 Å². The number of rotatable bonds is 6. The highest BCUT2D eigenvalue weighted by atomic mass is 16.5. The Morgan fingerprint density at radius 3 is 3.00 bits per heavy atom. The molecule has 1 saturated carbocycles. The minimum atomic E-state index is -0.514. The van der Waals surface area contributed by atoms with Gasteiger partial charge in [-0.15, -0.1) is 0 Å². The average Bonchev–Trinajstić information content (AvgIpc) is 2.72. The summed E-state index contributed by atoms with van der Waals surface area (Å²) < 4.78 is 4.87.